The minimum absolute atomic E-state index is 0.294. The number of rotatable bonds is 12. The summed E-state index contributed by atoms with van der Waals surface area (Å²) in [6, 6.07) is 11.3. The van der Waals surface area contributed by atoms with Gasteiger partial charge in [-0.05, 0) is 86.9 Å². The maximum atomic E-state index is 13.2. The molecule has 1 saturated carbocycles. The van der Waals surface area contributed by atoms with Gasteiger partial charge in [0.15, 0.2) is 6.10 Å². The zero-order valence-electron chi connectivity index (χ0n) is 22.6. The van der Waals surface area contributed by atoms with Crippen LogP contribution in [0.5, 0.6) is 11.5 Å². The number of aryl methyl sites for hydroxylation is 3. The fourth-order valence-electron chi connectivity index (χ4n) is 4.77. The monoisotopic (exact) mass is 511 g/mol. The van der Waals surface area contributed by atoms with Crippen LogP contribution >= 0.6 is 0 Å². The molecule has 1 N–H and O–H groups in total. The second-order valence-electron chi connectivity index (χ2n) is 10.00. The molecule has 2 aromatic carbocycles. The third kappa shape index (κ3) is 8.78. The van der Waals surface area contributed by atoms with E-state index in [9.17, 15) is 14.7 Å². The van der Waals surface area contributed by atoms with Gasteiger partial charge in [0, 0.05) is 19.6 Å². The number of carboxylic acid groups (broad SMARTS) is 1. The Hall–Kier alpha value is -3.06. The Morgan fingerprint density at radius 2 is 1.68 bits per heavy atom. The van der Waals surface area contributed by atoms with E-state index in [1.54, 1.807) is 11.8 Å². The van der Waals surface area contributed by atoms with Crippen LogP contribution in [0.25, 0.3) is 0 Å². The SMILES string of the molecule is CCOC(Cc1ccc(OCCN(CC2CCCCC2)C(=O)Oc2cc(C)c(C)cc2C)cc1)C(=O)O. The maximum Gasteiger partial charge on any atom is 0.415 e. The van der Waals surface area contributed by atoms with Gasteiger partial charge in [-0.3, -0.25) is 0 Å². The first-order chi connectivity index (χ1) is 17.8. The van der Waals surface area contributed by atoms with Gasteiger partial charge >= 0.3 is 12.1 Å². The van der Waals surface area contributed by atoms with E-state index >= 15 is 0 Å². The number of hydrogen-bond donors (Lipinski definition) is 1. The topological polar surface area (TPSA) is 85.3 Å². The van der Waals surface area contributed by atoms with Gasteiger partial charge in [0.05, 0.1) is 6.54 Å². The molecule has 1 unspecified atom stereocenters. The Labute approximate surface area is 220 Å². The van der Waals surface area contributed by atoms with Crippen LogP contribution < -0.4 is 9.47 Å². The van der Waals surface area contributed by atoms with Crippen molar-refractivity contribution in [2.75, 3.05) is 26.3 Å². The van der Waals surface area contributed by atoms with Crippen molar-refractivity contribution in [1.29, 1.82) is 0 Å². The van der Waals surface area contributed by atoms with Gasteiger partial charge in [0.25, 0.3) is 0 Å². The number of hydrogen-bond acceptors (Lipinski definition) is 5. The summed E-state index contributed by atoms with van der Waals surface area (Å²) in [5.74, 6) is 0.782. The lowest BCUT2D eigenvalue weighted by molar-refractivity contribution is -0.149. The molecule has 0 heterocycles. The molecule has 202 valence electrons. The molecule has 0 aromatic heterocycles. The van der Waals surface area contributed by atoms with Crippen molar-refractivity contribution in [3.05, 3.63) is 58.7 Å². The van der Waals surface area contributed by atoms with Gasteiger partial charge in [-0.1, -0.05) is 37.5 Å². The van der Waals surface area contributed by atoms with Crippen molar-refractivity contribution in [2.45, 2.75) is 72.3 Å². The minimum atomic E-state index is -0.969. The van der Waals surface area contributed by atoms with E-state index in [0.29, 0.717) is 50.1 Å². The van der Waals surface area contributed by atoms with Crippen LogP contribution in [0.15, 0.2) is 36.4 Å². The molecule has 7 heteroatoms. The van der Waals surface area contributed by atoms with Crippen molar-refractivity contribution in [1.82, 2.24) is 4.90 Å². The normalized spacial score (nSPS) is 14.7. The number of ether oxygens (including phenoxy) is 3. The predicted molar refractivity (Wildman–Crippen MR) is 144 cm³/mol. The first-order valence-electron chi connectivity index (χ1n) is 13.4. The number of carbonyl (C=O) groups is 2. The molecule has 1 aliphatic carbocycles. The van der Waals surface area contributed by atoms with Crippen molar-refractivity contribution >= 4 is 12.1 Å². The number of benzene rings is 2. The number of carboxylic acids is 1. The van der Waals surface area contributed by atoms with E-state index in [1.165, 1.54) is 24.8 Å². The lowest BCUT2D eigenvalue weighted by atomic mass is 9.89. The van der Waals surface area contributed by atoms with Crippen LogP contribution in [0.1, 0.15) is 61.3 Å². The Bertz CT molecular complexity index is 1030. The van der Waals surface area contributed by atoms with E-state index in [-0.39, 0.29) is 6.09 Å². The van der Waals surface area contributed by atoms with Crippen LogP contribution in [-0.4, -0.2) is 54.5 Å². The van der Waals surface area contributed by atoms with Gasteiger partial charge in [0.2, 0.25) is 0 Å². The molecule has 7 nitrogen and oxygen atoms in total. The molecule has 0 spiro atoms. The molecule has 1 atom stereocenters. The first-order valence-corrected chi connectivity index (χ1v) is 13.4. The Balaban J connectivity index is 1.60. The standard InChI is InChI=1S/C30H41NO6/c1-5-35-28(29(32)33)19-24-11-13-26(14-12-24)36-16-15-31(20-25-9-7-6-8-10-25)30(34)37-27-18-22(3)21(2)17-23(27)4/h11-14,17-18,25,28H,5-10,15-16,19-20H2,1-4H3,(H,32,33). The number of carbonyl (C=O) groups excluding carboxylic acids is 1. The van der Waals surface area contributed by atoms with Gasteiger partial charge in [-0.15, -0.1) is 0 Å². The van der Waals surface area contributed by atoms with Crippen LogP contribution in [-0.2, 0) is 16.0 Å². The van der Waals surface area contributed by atoms with Gasteiger partial charge < -0.3 is 24.2 Å². The van der Waals surface area contributed by atoms with Crippen LogP contribution in [0.4, 0.5) is 4.79 Å². The molecule has 1 amide bonds. The number of aliphatic carboxylic acids is 1. The second kappa shape index (κ2) is 14.0. The van der Waals surface area contributed by atoms with E-state index < -0.39 is 12.1 Å². The summed E-state index contributed by atoms with van der Waals surface area (Å²) in [6.07, 6.45) is 5.03. The zero-order chi connectivity index (χ0) is 26.8. The molecule has 1 fully saturated rings. The lowest BCUT2D eigenvalue weighted by Gasteiger charge is -2.29. The quantitative estimate of drug-likeness (QED) is 0.370. The highest BCUT2D eigenvalue weighted by atomic mass is 16.6. The van der Waals surface area contributed by atoms with E-state index in [4.69, 9.17) is 14.2 Å². The average Bonchev–Trinajstić information content (AvgIpc) is 2.88. The largest absolute Gasteiger partial charge is 0.492 e. The maximum absolute atomic E-state index is 13.2. The number of nitrogens with zero attached hydrogens (tertiary/aromatic N) is 1. The molecule has 3 rings (SSSR count). The van der Waals surface area contributed by atoms with E-state index in [1.807, 2.05) is 50.2 Å². The highest BCUT2D eigenvalue weighted by molar-refractivity contribution is 5.73. The molecule has 0 saturated heterocycles. The fourth-order valence-corrected chi connectivity index (χ4v) is 4.77. The summed E-state index contributed by atoms with van der Waals surface area (Å²) in [4.78, 5) is 26.3. The van der Waals surface area contributed by atoms with Crippen molar-refractivity contribution < 1.29 is 28.9 Å². The van der Waals surface area contributed by atoms with E-state index in [2.05, 4.69) is 6.92 Å². The molecule has 0 bridgehead atoms. The lowest BCUT2D eigenvalue weighted by Crippen LogP contribution is -2.40. The zero-order valence-corrected chi connectivity index (χ0v) is 22.6. The molecular weight excluding hydrogens is 470 g/mol. The molecule has 1 aliphatic rings. The van der Waals surface area contributed by atoms with Crippen LogP contribution in [0, 0.1) is 26.7 Å². The third-order valence-corrected chi connectivity index (χ3v) is 7.07. The summed E-state index contributed by atoms with van der Waals surface area (Å²) in [7, 11) is 0. The minimum Gasteiger partial charge on any atom is -0.492 e. The highest BCUT2D eigenvalue weighted by Crippen LogP contribution is 2.26. The average molecular weight is 512 g/mol. The third-order valence-electron chi connectivity index (χ3n) is 7.07. The highest BCUT2D eigenvalue weighted by Gasteiger charge is 2.23. The van der Waals surface area contributed by atoms with Crippen molar-refractivity contribution in [3.63, 3.8) is 0 Å². The van der Waals surface area contributed by atoms with Crippen LogP contribution in [0.3, 0.4) is 0 Å². The summed E-state index contributed by atoms with van der Waals surface area (Å²) in [6.45, 7) is 9.58. The summed E-state index contributed by atoms with van der Waals surface area (Å²) < 4.78 is 17.1. The fraction of sp³-hybridized carbons (Fsp3) is 0.533. The van der Waals surface area contributed by atoms with Crippen LogP contribution in [0.2, 0.25) is 0 Å². The van der Waals surface area contributed by atoms with Gasteiger partial charge in [0.1, 0.15) is 18.1 Å². The van der Waals surface area contributed by atoms with Gasteiger partial charge in [-0.2, -0.15) is 0 Å². The molecule has 0 radical (unpaired) electrons. The predicted octanol–water partition coefficient (Wildman–Crippen LogP) is 6.10. The Morgan fingerprint density at radius 3 is 2.32 bits per heavy atom. The summed E-state index contributed by atoms with van der Waals surface area (Å²) in [5, 5.41) is 9.29. The molecule has 0 aliphatic heterocycles. The summed E-state index contributed by atoms with van der Waals surface area (Å²) in [5.41, 5.74) is 4.07. The Morgan fingerprint density at radius 1 is 1.00 bits per heavy atom. The molecular formula is C30H41NO6. The molecule has 2 aromatic rings. The van der Waals surface area contributed by atoms with E-state index in [0.717, 1.165) is 29.5 Å². The second-order valence-corrected chi connectivity index (χ2v) is 10.00. The van der Waals surface area contributed by atoms with Crippen molar-refractivity contribution in [3.8, 4) is 11.5 Å². The van der Waals surface area contributed by atoms with Gasteiger partial charge in [-0.25, -0.2) is 9.59 Å². The first kappa shape index (κ1) is 28.5. The summed E-state index contributed by atoms with van der Waals surface area (Å²) >= 11 is 0. The van der Waals surface area contributed by atoms with Crippen molar-refractivity contribution in [2.24, 2.45) is 5.92 Å². The smallest absolute Gasteiger partial charge is 0.415 e. The Kier molecular flexibility index (Phi) is 10.8. The number of amides is 1. The molecule has 37 heavy (non-hydrogen) atoms.